The minimum absolute atomic E-state index is 0.229. The summed E-state index contributed by atoms with van der Waals surface area (Å²) in [5.41, 5.74) is 6.26. The summed E-state index contributed by atoms with van der Waals surface area (Å²) in [5, 5.41) is 0. The van der Waals surface area contributed by atoms with Crippen LogP contribution in [0.1, 0.15) is 32.6 Å². The largest absolute Gasteiger partial charge is 0.382 e. The van der Waals surface area contributed by atoms with Crippen LogP contribution in [-0.2, 0) is 14.2 Å². The van der Waals surface area contributed by atoms with E-state index in [9.17, 15) is 0 Å². The Kier molecular flexibility index (Phi) is 9.39. The average Bonchev–Trinajstić information content (AvgIpc) is 2.96. The van der Waals surface area contributed by atoms with Crippen molar-refractivity contribution in [1.29, 1.82) is 0 Å². The molecule has 0 heterocycles. The van der Waals surface area contributed by atoms with Crippen LogP contribution in [0.2, 0.25) is 0 Å². The fourth-order valence-electron chi connectivity index (χ4n) is 3.05. The highest BCUT2D eigenvalue weighted by Crippen LogP contribution is 2.34. The van der Waals surface area contributed by atoms with Gasteiger partial charge in [0.05, 0.1) is 33.0 Å². The van der Waals surface area contributed by atoms with Gasteiger partial charge < -0.3 is 19.9 Å². The standard InChI is InChI=1S/C15H32N2O3/c1-3-17(15(14-16)6-4-5-7-15)8-9-19-12-13-20-11-10-18-2/h3-14,16H2,1-2H3. The lowest BCUT2D eigenvalue weighted by atomic mass is 9.95. The van der Waals surface area contributed by atoms with Crippen LogP contribution in [0.3, 0.4) is 0 Å². The molecule has 0 radical (unpaired) electrons. The fraction of sp³-hybridized carbons (Fsp3) is 1.00. The van der Waals surface area contributed by atoms with E-state index in [1.807, 2.05) is 0 Å². The molecule has 2 N–H and O–H groups in total. The molecule has 0 amide bonds. The van der Waals surface area contributed by atoms with Gasteiger partial charge in [-0.1, -0.05) is 19.8 Å². The van der Waals surface area contributed by atoms with Crippen LogP contribution in [0.4, 0.5) is 0 Å². The molecule has 1 aliphatic carbocycles. The van der Waals surface area contributed by atoms with Gasteiger partial charge in [-0.25, -0.2) is 0 Å². The lowest BCUT2D eigenvalue weighted by molar-refractivity contribution is 0.00838. The Morgan fingerprint density at radius 2 is 1.60 bits per heavy atom. The zero-order valence-electron chi connectivity index (χ0n) is 13.2. The molecule has 20 heavy (non-hydrogen) atoms. The number of nitrogens with two attached hydrogens (primary N) is 1. The van der Waals surface area contributed by atoms with Gasteiger partial charge in [0.1, 0.15) is 0 Å². The lowest BCUT2D eigenvalue weighted by Gasteiger charge is -2.40. The summed E-state index contributed by atoms with van der Waals surface area (Å²) in [6, 6.07) is 0. The zero-order chi connectivity index (χ0) is 14.7. The van der Waals surface area contributed by atoms with Crippen molar-refractivity contribution in [2.24, 2.45) is 5.73 Å². The molecule has 1 aliphatic rings. The minimum atomic E-state index is 0.229. The molecule has 5 nitrogen and oxygen atoms in total. The van der Waals surface area contributed by atoms with Crippen molar-refractivity contribution < 1.29 is 14.2 Å². The summed E-state index contributed by atoms with van der Waals surface area (Å²) in [6.07, 6.45) is 5.08. The lowest BCUT2D eigenvalue weighted by Crippen LogP contribution is -2.53. The molecule has 0 unspecified atom stereocenters. The number of rotatable bonds is 12. The summed E-state index contributed by atoms with van der Waals surface area (Å²) < 4.78 is 15.9. The molecule has 0 aromatic heterocycles. The van der Waals surface area contributed by atoms with E-state index in [0.717, 1.165) is 26.2 Å². The Bertz CT molecular complexity index is 233. The van der Waals surface area contributed by atoms with E-state index in [4.69, 9.17) is 19.9 Å². The molecule has 0 aliphatic heterocycles. The Balaban J connectivity index is 2.12. The molecule has 0 aromatic rings. The van der Waals surface area contributed by atoms with Crippen LogP contribution < -0.4 is 5.73 Å². The topological polar surface area (TPSA) is 57.0 Å². The van der Waals surface area contributed by atoms with Gasteiger partial charge in [-0.05, 0) is 19.4 Å². The van der Waals surface area contributed by atoms with Crippen LogP contribution in [0.25, 0.3) is 0 Å². The van der Waals surface area contributed by atoms with Gasteiger partial charge in [-0.2, -0.15) is 0 Å². The number of methoxy groups -OCH3 is 1. The molecule has 0 spiro atoms. The first-order valence-electron chi connectivity index (χ1n) is 7.88. The smallest absolute Gasteiger partial charge is 0.0701 e. The summed E-state index contributed by atoms with van der Waals surface area (Å²) in [6.45, 7) is 8.30. The highest BCUT2D eigenvalue weighted by atomic mass is 16.5. The van der Waals surface area contributed by atoms with E-state index in [1.54, 1.807) is 7.11 Å². The monoisotopic (exact) mass is 288 g/mol. The molecular weight excluding hydrogens is 256 g/mol. The Hall–Kier alpha value is -0.200. The molecule has 0 aromatic carbocycles. The third-order valence-electron chi connectivity index (χ3n) is 4.28. The van der Waals surface area contributed by atoms with Crippen LogP contribution in [0.15, 0.2) is 0 Å². The fourth-order valence-corrected chi connectivity index (χ4v) is 3.05. The molecule has 1 fully saturated rings. The maximum absolute atomic E-state index is 6.03. The quantitative estimate of drug-likeness (QED) is 0.548. The van der Waals surface area contributed by atoms with Gasteiger partial charge in [-0.3, -0.25) is 4.90 Å². The molecule has 0 atom stereocenters. The Morgan fingerprint density at radius 1 is 1.00 bits per heavy atom. The molecule has 120 valence electrons. The predicted octanol–water partition coefficient (Wildman–Crippen LogP) is 1.26. The average molecular weight is 288 g/mol. The van der Waals surface area contributed by atoms with Crippen molar-refractivity contribution in [3.63, 3.8) is 0 Å². The summed E-state index contributed by atoms with van der Waals surface area (Å²) in [7, 11) is 1.68. The van der Waals surface area contributed by atoms with Crippen molar-refractivity contribution in [1.82, 2.24) is 4.90 Å². The maximum Gasteiger partial charge on any atom is 0.0701 e. The molecule has 0 saturated heterocycles. The number of nitrogens with zero attached hydrogens (tertiary/aromatic N) is 1. The van der Waals surface area contributed by atoms with Crippen LogP contribution in [0, 0.1) is 0 Å². The molecule has 1 saturated carbocycles. The number of hydrogen-bond acceptors (Lipinski definition) is 5. The SMILES string of the molecule is CCN(CCOCCOCCOC)C1(CN)CCCC1. The second-order valence-electron chi connectivity index (χ2n) is 5.43. The second-order valence-corrected chi connectivity index (χ2v) is 5.43. The van der Waals surface area contributed by atoms with Crippen LogP contribution in [0.5, 0.6) is 0 Å². The number of likely N-dealkylation sites (N-methyl/N-ethyl adjacent to an activating group) is 1. The Labute approximate surface area is 123 Å². The first-order chi connectivity index (χ1) is 9.79. The number of hydrogen-bond donors (Lipinski definition) is 1. The van der Waals surface area contributed by atoms with Crippen molar-refractivity contribution in [3.05, 3.63) is 0 Å². The highest BCUT2D eigenvalue weighted by Gasteiger charge is 2.37. The van der Waals surface area contributed by atoms with E-state index >= 15 is 0 Å². The van der Waals surface area contributed by atoms with Crippen molar-refractivity contribution in [2.75, 3.05) is 59.8 Å². The first-order valence-corrected chi connectivity index (χ1v) is 7.88. The van der Waals surface area contributed by atoms with Gasteiger partial charge in [0.15, 0.2) is 0 Å². The van der Waals surface area contributed by atoms with Gasteiger partial charge in [-0.15, -0.1) is 0 Å². The highest BCUT2D eigenvalue weighted by molar-refractivity contribution is 4.95. The molecule has 0 bridgehead atoms. The zero-order valence-corrected chi connectivity index (χ0v) is 13.2. The maximum atomic E-state index is 6.03. The summed E-state index contributed by atoms with van der Waals surface area (Å²) in [4.78, 5) is 2.51. The van der Waals surface area contributed by atoms with E-state index in [-0.39, 0.29) is 5.54 Å². The van der Waals surface area contributed by atoms with E-state index in [0.29, 0.717) is 26.4 Å². The van der Waals surface area contributed by atoms with Gasteiger partial charge >= 0.3 is 0 Å². The minimum Gasteiger partial charge on any atom is -0.382 e. The van der Waals surface area contributed by atoms with Crippen LogP contribution in [-0.4, -0.2) is 70.2 Å². The normalized spacial score (nSPS) is 18.0. The Morgan fingerprint density at radius 3 is 2.15 bits per heavy atom. The second kappa shape index (κ2) is 10.5. The molecule has 5 heteroatoms. The summed E-state index contributed by atoms with van der Waals surface area (Å²) >= 11 is 0. The molecule has 1 rings (SSSR count). The third-order valence-corrected chi connectivity index (χ3v) is 4.28. The molecular formula is C15H32N2O3. The number of ether oxygens (including phenoxy) is 3. The van der Waals surface area contributed by atoms with Gasteiger partial charge in [0.2, 0.25) is 0 Å². The van der Waals surface area contributed by atoms with Crippen molar-refractivity contribution in [3.8, 4) is 0 Å². The van der Waals surface area contributed by atoms with E-state index < -0.39 is 0 Å². The third kappa shape index (κ3) is 5.66. The van der Waals surface area contributed by atoms with E-state index in [1.165, 1.54) is 25.7 Å². The van der Waals surface area contributed by atoms with Gasteiger partial charge in [0, 0.05) is 25.7 Å². The van der Waals surface area contributed by atoms with E-state index in [2.05, 4.69) is 11.8 Å². The van der Waals surface area contributed by atoms with Gasteiger partial charge in [0.25, 0.3) is 0 Å². The predicted molar refractivity (Wildman–Crippen MR) is 81.0 cm³/mol. The first kappa shape index (κ1) is 17.9. The van der Waals surface area contributed by atoms with Crippen molar-refractivity contribution >= 4 is 0 Å². The summed E-state index contributed by atoms with van der Waals surface area (Å²) in [5.74, 6) is 0. The van der Waals surface area contributed by atoms with Crippen LogP contribution >= 0.6 is 0 Å². The van der Waals surface area contributed by atoms with Crippen molar-refractivity contribution in [2.45, 2.75) is 38.1 Å².